The maximum Gasteiger partial charge on any atom is 0.306 e. The van der Waals surface area contributed by atoms with Gasteiger partial charge in [-0.2, -0.15) is 0 Å². The van der Waals surface area contributed by atoms with Gasteiger partial charge in [0.05, 0.1) is 50.8 Å². The Morgan fingerprint density at radius 3 is 1.65 bits per heavy atom. The quantitative estimate of drug-likeness (QED) is 0.0407. The van der Waals surface area contributed by atoms with Crippen LogP contribution in [-0.2, 0) is 58.9 Å². The summed E-state index contributed by atoms with van der Waals surface area (Å²) in [7, 11) is 0. The number of ketones is 2. The molecule has 1 atom stereocenters. The molecule has 1 rings (SSSR count). The van der Waals surface area contributed by atoms with Crippen LogP contribution in [0.5, 0.6) is 0 Å². The summed E-state index contributed by atoms with van der Waals surface area (Å²) in [6.45, 7) is 5.22. The molecule has 0 aliphatic carbocycles. The number of nitrogens with zero attached hydrogens (tertiary/aromatic N) is 1. The maximum absolute atomic E-state index is 12.9. The summed E-state index contributed by atoms with van der Waals surface area (Å²) in [4.78, 5) is 90.7. The Morgan fingerprint density at radius 1 is 0.591 bits per heavy atom. The Labute approximate surface area is 392 Å². The van der Waals surface area contributed by atoms with Gasteiger partial charge in [-0.15, -0.1) is 0 Å². The van der Waals surface area contributed by atoms with Gasteiger partial charge in [0, 0.05) is 63.7 Å². The Balaban J connectivity index is 1.88. The van der Waals surface area contributed by atoms with Gasteiger partial charge < -0.3 is 50.1 Å². The number of carboxylic acid groups (broad SMARTS) is 2. The van der Waals surface area contributed by atoms with E-state index in [4.69, 9.17) is 24.1 Å². The third-order valence-electron chi connectivity index (χ3n) is 11.0. The lowest BCUT2D eigenvalue weighted by Gasteiger charge is -2.26. The molecular formula is C48H83N5O13. The Kier molecular flexibility index (Phi) is 36.1. The van der Waals surface area contributed by atoms with Crippen molar-refractivity contribution in [3.8, 4) is 0 Å². The maximum atomic E-state index is 12.9. The van der Waals surface area contributed by atoms with Gasteiger partial charge in [-0.25, -0.2) is 4.98 Å². The zero-order chi connectivity index (χ0) is 48.5. The van der Waals surface area contributed by atoms with E-state index in [-0.39, 0.29) is 94.7 Å². The lowest BCUT2D eigenvalue weighted by molar-refractivity contribution is -0.145. The number of amides is 3. The number of nitrogens with one attached hydrogen (secondary N) is 4. The summed E-state index contributed by atoms with van der Waals surface area (Å²) in [5.74, 6) is -3.71. The predicted molar refractivity (Wildman–Crippen MR) is 249 cm³/mol. The van der Waals surface area contributed by atoms with E-state index in [1.54, 1.807) is 20.0 Å². The molecule has 3 amide bonds. The molecule has 0 spiro atoms. The number of H-pyrrole nitrogens is 1. The molecule has 6 N–H and O–H groups in total. The van der Waals surface area contributed by atoms with Crippen molar-refractivity contribution in [2.75, 3.05) is 65.9 Å². The molecule has 0 radical (unpaired) electrons. The van der Waals surface area contributed by atoms with Crippen molar-refractivity contribution in [2.45, 2.75) is 173 Å². The first kappa shape index (κ1) is 59.8. The molecule has 0 saturated carbocycles. The van der Waals surface area contributed by atoms with E-state index in [1.165, 1.54) is 64.1 Å². The largest absolute Gasteiger partial charge is 0.481 e. The van der Waals surface area contributed by atoms with Crippen LogP contribution < -0.4 is 16.0 Å². The van der Waals surface area contributed by atoms with E-state index in [2.05, 4.69) is 25.9 Å². The number of aromatic nitrogens is 2. The van der Waals surface area contributed by atoms with Crippen molar-refractivity contribution in [3.63, 3.8) is 0 Å². The zero-order valence-corrected chi connectivity index (χ0v) is 40.1. The van der Waals surface area contributed by atoms with Crippen LogP contribution in [0, 0.1) is 5.92 Å². The number of aliphatic carboxylic acids is 2. The van der Waals surface area contributed by atoms with Crippen molar-refractivity contribution >= 4 is 41.2 Å². The van der Waals surface area contributed by atoms with Crippen LogP contribution in [0.3, 0.4) is 0 Å². The molecule has 0 aliphatic heterocycles. The number of unbranched alkanes of at least 4 members (excludes halogenated alkanes) is 14. The van der Waals surface area contributed by atoms with Gasteiger partial charge >= 0.3 is 11.9 Å². The van der Waals surface area contributed by atoms with Crippen LogP contribution in [0.2, 0.25) is 0 Å². The number of carbonyl (C=O) groups excluding carboxylic acids is 5. The third kappa shape index (κ3) is 35.9. The van der Waals surface area contributed by atoms with Gasteiger partial charge in [0.25, 0.3) is 0 Å². The molecule has 1 aromatic rings. The number of carboxylic acids is 2. The minimum Gasteiger partial charge on any atom is -0.481 e. The number of aryl methyl sites for hydroxylation is 1. The van der Waals surface area contributed by atoms with Crippen LogP contribution in [0.4, 0.5) is 0 Å². The number of hydrogen-bond donors (Lipinski definition) is 6. The number of carbonyl (C=O) groups is 7. The van der Waals surface area contributed by atoms with Crippen molar-refractivity contribution in [1.29, 1.82) is 0 Å². The number of hydrogen-bond acceptors (Lipinski definition) is 12. The van der Waals surface area contributed by atoms with Crippen LogP contribution in [0.25, 0.3) is 0 Å². The highest BCUT2D eigenvalue weighted by Gasteiger charge is 2.33. The monoisotopic (exact) mass is 938 g/mol. The third-order valence-corrected chi connectivity index (χ3v) is 11.0. The van der Waals surface area contributed by atoms with E-state index < -0.39 is 23.4 Å². The van der Waals surface area contributed by atoms with E-state index >= 15 is 0 Å². The minimum absolute atomic E-state index is 0.103. The minimum atomic E-state index is -1.22. The average Bonchev–Trinajstić information content (AvgIpc) is 3.80. The lowest BCUT2D eigenvalue weighted by Crippen LogP contribution is -2.50. The predicted octanol–water partition coefficient (Wildman–Crippen LogP) is 6.04. The molecule has 0 aliphatic rings. The van der Waals surface area contributed by atoms with Gasteiger partial charge in [0.2, 0.25) is 17.7 Å². The van der Waals surface area contributed by atoms with Crippen LogP contribution >= 0.6 is 0 Å². The van der Waals surface area contributed by atoms with Crippen molar-refractivity contribution in [3.05, 3.63) is 18.2 Å². The average molecular weight is 938 g/mol. The molecule has 1 heterocycles. The number of ether oxygens (including phenoxy) is 4. The first-order valence-corrected chi connectivity index (χ1v) is 24.4. The second kappa shape index (κ2) is 39.9. The van der Waals surface area contributed by atoms with Gasteiger partial charge in [-0.05, 0) is 52.4 Å². The second-order valence-corrected chi connectivity index (χ2v) is 17.4. The fourth-order valence-corrected chi connectivity index (χ4v) is 7.04. The number of imidazole rings is 1. The van der Waals surface area contributed by atoms with Crippen molar-refractivity contribution < 1.29 is 62.7 Å². The van der Waals surface area contributed by atoms with Gasteiger partial charge in [0.1, 0.15) is 19.0 Å². The van der Waals surface area contributed by atoms with E-state index in [1.807, 2.05) is 0 Å². The normalized spacial score (nSPS) is 11.8. The SMILES string of the molecule is CC(C)(NC(=O)CCc1cnc[nH]1)C(=O)C[C@@H](CCCCNC(=O)COCCOCCNC(=O)COCCOCCCC(=O)CCCCCCCCCCCCCCCCC(=O)O)C(=O)O. The molecular weight excluding hydrogens is 855 g/mol. The fourth-order valence-electron chi connectivity index (χ4n) is 7.04. The van der Waals surface area contributed by atoms with Gasteiger partial charge in [0.15, 0.2) is 5.78 Å². The van der Waals surface area contributed by atoms with Crippen molar-refractivity contribution in [1.82, 2.24) is 25.9 Å². The van der Waals surface area contributed by atoms with Crippen molar-refractivity contribution in [2.24, 2.45) is 5.92 Å². The summed E-state index contributed by atoms with van der Waals surface area (Å²) in [6, 6.07) is 0. The number of Topliss-reactive ketones (excluding diaryl/α,β-unsaturated/α-hetero) is 2. The lowest BCUT2D eigenvalue weighted by atomic mass is 9.88. The Bertz CT molecular complexity index is 1470. The van der Waals surface area contributed by atoms with E-state index in [0.29, 0.717) is 64.7 Å². The van der Waals surface area contributed by atoms with E-state index in [0.717, 1.165) is 37.8 Å². The highest BCUT2D eigenvalue weighted by atomic mass is 16.5. The van der Waals surface area contributed by atoms with Crippen LogP contribution in [-0.4, -0.2) is 133 Å². The molecule has 0 aromatic carbocycles. The van der Waals surface area contributed by atoms with Crippen LogP contribution in [0.15, 0.2) is 12.5 Å². The smallest absolute Gasteiger partial charge is 0.306 e. The number of aromatic amines is 1. The Hall–Kier alpha value is -4.26. The fraction of sp³-hybridized carbons (Fsp3) is 0.792. The topological polar surface area (TPSA) is 262 Å². The highest BCUT2D eigenvalue weighted by molar-refractivity contribution is 5.94. The first-order valence-electron chi connectivity index (χ1n) is 24.4. The first-order chi connectivity index (χ1) is 31.8. The molecule has 378 valence electrons. The van der Waals surface area contributed by atoms with Gasteiger partial charge in [-0.3, -0.25) is 33.6 Å². The summed E-state index contributed by atoms with van der Waals surface area (Å²) in [5.41, 5.74) is -0.421. The van der Waals surface area contributed by atoms with Crippen LogP contribution in [0.1, 0.15) is 167 Å². The molecule has 66 heavy (non-hydrogen) atoms. The summed E-state index contributed by atoms with van der Waals surface area (Å²) in [5, 5.41) is 26.4. The molecule has 18 nitrogen and oxygen atoms in total. The zero-order valence-electron chi connectivity index (χ0n) is 40.1. The highest BCUT2D eigenvalue weighted by Crippen LogP contribution is 2.19. The molecule has 0 unspecified atom stereocenters. The Morgan fingerprint density at radius 2 is 1.11 bits per heavy atom. The summed E-state index contributed by atoms with van der Waals surface area (Å²) < 4.78 is 21.6. The van der Waals surface area contributed by atoms with Gasteiger partial charge in [-0.1, -0.05) is 83.5 Å². The molecule has 0 saturated heterocycles. The molecule has 1 aromatic heterocycles. The summed E-state index contributed by atoms with van der Waals surface area (Å²) in [6.07, 6.45) is 23.1. The standard InChI is InChI=1S/C48H83N5O13/c1-48(2,53-43(56)25-24-40-35-49-38-52-40)42(55)34-39(47(61)62)20-17-18-26-50-44(57)36-66-33-31-64-29-27-51-45(58)37-65-32-30-63-28-19-22-41(54)21-15-13-11-9-7-5-3-4-6-8-10-12-14-16-23-46(59)60/h35,38-39H,3-34,36-37H2,1-2H3,(H,49,52)(H,50,57)(H,51,58)(H,53,56)(H,59,60)(H,61,62)/t39-/m1/s1. The van der Waals surface area contributed by atoms with E-state index in [9.17, 15) is 38.7 Å². The summed E-state index contributed by atoms with van der Waals surface area (Å²) >= 11 is 0. The molecule has 18 heteroatoms. The molecule has 0 fully saturated rings. The number of rotatable bonds is 47. The second-order valence-electron chi connectivity index (χ2n) is 17.4. The molecule has 0 bridgehead atoms.